The number of rotatable bonds is 10. The molecule has 0 aliphatic carbocycles. The Morgan fingerprint density at radius 3 is 2.19 bits per heavy atom. The minimum absolute atomic E-state index is 0.150. The van der Waals surface area contributed by atoms with Crippen molar-refractivity contribution in [1.82, 2.24) is 5.32 Å². The second-order valence-corrected chi connectivity index (χ2v) is 6.67. The zero-order chi connectivity index (χ0) is 19.6. The number of halogens is 1. The molecule has 0 saturated carbocycles. The Morgan fingerprint density at radius 1 is 1.00 bits per heavy atom. The van der Waals surface area contributed by atoms with Crippen LogP contribution in [0.4, 0.5) is 4.39 Å². The first-order chi connectivity index (χ1) is 13.0. The lowest BCUT2D eigenvalue weighted by Gasteiger charge is -2.17. The molecule has 0 heterocycles. The number of amides is 1. The van der Waals surface area contributed by atoms with E-state index in [0.717, 1.165) is 18.6 Å². The van der Waals surface area contributed by atoms with Crippen LogP contribution in [0.1, 0.15) is 39.2 Å². The lowest BCUT2D eigenvalue weighted by atomic mass is 10.1. The molecule has 0 radical (unpaired) electrons. The molecule has 1 N–H and O–H groups in total. The molecule has 2 rings (SSSR count). The molecule has 0 aliphatic heterocycles. The van der Waals surface area contributed by atoms with Gasteiger partial charge in [0.05, 0.1) is 6.10 Å². The quantitative estimate of drug-likeness (QED) is 0.623. The van der Waals surface area contributed by atoms with Crippen molar-refractivity contribution in [2.24, 2.45) is 0 Å². The van der Waals surface area contributed by atoms with E-state index < -0.39 is 6.10 Å². The van der Waals surface area contributed by atoms with Crippen molar-refractivity contribution in [3.63, 3.8) is 0 Å². The van der Waals surface area contributed by atoms with E-state index in [1.54, 1.807) is 0 Å². The summed E-state index contributed by atoms with van der Waals surface area (Å²) in [5, 5.41) is 2.91. The number of carbonyl (C=O) groups is 1. The van der Waals surface area contributed by atoms with Crippen LogP contribution >= 0.6 is 0 Å². The number of benzene rings is 2. The summed E-state index contributed by atoms with van der Waals surface area (Å²) >= 11 is 0. The van der Waals surface area contributed by atoms with Gasteiger partial charge in [-0.2, -0.15) is 0 Å². The molecule has 27 heavy (non-hydrogen) atoms. The molecule has 1 atom stereocenters. The number of carbonyl (C=O) groups excluding carboxylic acids is 1. The van der Waals surface area contributed by atoms with Gasteiger partial charge < -0.3 is 14.8 Å². The smallest absolute Gasteiger partial charge is 0.261 e. The molecule has 0 unspecified atom stereocenters. The van der Waals surface area contributed by atoms with Crippen LogP contribution in [0.3, 0.4) is 0 Å². The lowest BCUT2D eigenvalue weighted by molar-refractivity contribution is -0.128. The summed E-state index contributed by atoms with van der Waals surface area (Å²) in [6.07, 6.45) is 1.83. The topological polar surface area (TPSA) is 47.6 Å². The second kappa shape index (κ2) is 10.6. The van der Waals surface area contributed by atoms with E-state index in [0.29, 0.717) is 18.7 Å². The van der Waals surface area contributed by atoms with Crippen LogP contribution in [-0.4, -0.2) is 24.7 Å². The van der Waals surface area contributed by atoms with Gasteiger partial charge in [-0.3, -0.25) is 4.79 Å². The van der Waals surface area contributed by atoms with Crippen molar-refractivity contribution < 1.29 is 18.7 Å². The Bertz CT molecular complexity index is 699. The fraction of sp³-hybridized carbons (Fsp3) is 0.409. The maximum atomic E-state index is 12.9. The molecule has 5 heteroatoms. The van der Waals surface area contributed by atoms with Gasteiger partial charge in [-0.15, -0.1) is 0 Å². The van der Waals surface area contributed by atoms with Crippen LogP contribution < -0.4 is 14.8 Å². The molecule has 0 saturated heterocycles. The Morgan fingerprint density at radius 2 is 1.59 bits per heavy atom. The first kappa shape index (κ1) is 20.7. The van der Waals surface area contributed by atoms with E-state index in [4.69, 9.17) is 9.47 Å². The van der Waals surface area contributed by atoms with Gasteiger partial charge in [0, 0.05) is 6.54 Å². The van der Waals surface area contributed by atoms with Gasteiger partial charge in [0.2, 0.25) is 0 Å². The zero-order valence-electron chi connectivity index (χ0n) is 16.2. The average molecular weight is 373 g/mol. The maximum absolute atomic E-state index is 12.9. The molecule has 0 aliphatic rings. The standard InChI is InChI=1S/C22H28FNO3/c1-4-21(27-20-13-9-18(23)10-14-20)22(25)24-15-5-6-17-7-11-19(12-8-17)26-16(2)3/h7-14,16,21H,4-6,15H2,1-3H3,(H,24,25)/t21-/m0/s1. The van der Waals surface area contributed by atoms with E-state index in [2.05, 4.69) is 5.32 Å². The fourth-order valence-corrected chi connectivity index (χ4v) is 2.62. The molecular formula is C22H28FNO3. The van der Waals surface area contributed by atoms with Gasteiger partial charge in [-0.25, -0.2) is 4.39 Å². The molecule has 0 fully saturated rings. The molecule has 2 aromatic carbocycles. The van der Waals surface area contributed by atoms with Crippen LogP contribution in [0, 0.1) is 5.82 Å². The van der Waals surface area contributed by atoms with Crippen molar-refractivity contribution in [2.45, 2.75) is 52.2 Å². The summed E-state index contributed by atoms with van der Waals surface area (Å²) < 4.78 is 24.2. The third-order valence-corrected chi connectivity index (χ3v) is 3.99. The summed E-state index contributed by atoms with van der Waals surface area (Å²) in [6, 6.07) is 13.7. The maximum Gasteiger partial charge on any atom is 0.261 e. The molecule has 146 valence electrons. The summed E-state index contributed by atoms with van der Waals surface area (Å²) in [5.74, 6) is 0.874. The number of hydrogen-bond acceptors (Lipinski definition) is 3. The van der Waals surface area contributed by atoms with E-state index in [1.165, 1.54) is 29.8 Å². The van der Waals surface area contributed by atoms with Crippen molar-refractivity contribution in [3.05, 3.63) is 59.9 Å². The largest absolute Gasteiger partial charge is 0.491 e. The normalized spacial score (nSPS) is 11.9. The monoisotopic (exact) mass is 373 g/mol. The molecule has 1 amide bonds. The Balaban J connectivity index is 1.73. The van der Waals surface area contributed by atoms with Gasteiger partial charge in [-0.05, 0) is 75.1 Å². The molecule has 0 spiro atoms. The van der Waals surface area contributed by atoms with E-state index >= 15 is 0 Å². The molecule has 2 aromatic rings. The minimum Gasteiger partial charge on any atom is -0.491 e. The van der Waals surface area contributed by atoms with Crippen LogP contribution in [-0.2, 0) is 11.2 Å². The van der Waals surface area contributed by atoms with Crippen molar-refractivity contribution in [2.75, 3.05) is 6.54 Å². The number of hydrogen-bond donors (Lipinski definition) is 1. The highest BCUT2D eigenvalue weighted by atomic mass is 19.1. The highest BCUT2D eigenvalue weighted by Crippen LogP contribution is 2.16. The van der Waals surface area contributed by atoms with Gasteiger partial charge in [0.25, 0.3) is 5.91 Å². The zero-order valence-corrected chi connectivity index (χ0v) is 16.2. The molecular weight excluding hydrogens is 345 g/mol. The fourth-order valence-electron chi connectivity index (χ4n) is 2.62. The number of ether oxygens (including phenoxy) is 2. The van der Waals surface area contributed by atoms with Gasteiger partial charge in [0.15, 0.2) is 6.10 Å². The molecule has 0 bridgehead atoms. The Kier molecular flexibility index (Phi) is 8.11. The van der Waals surface area contributed by atoms with Crippen molar-refractivity contribution in [1.29, 1.82) is 0 Å². The van der Waals surface area contributed by atoms with E-state index in [9.17, 15) is 9.18 Å². The first-order valence-electron chi connectivity index (χ1n) is 9.43. The molecule has 4 nitrogen and oxygen atoms in total. The molecule has 0 aromatic heterocycles. The summed E-state index contributed by atoms with van der Waals surface area (Å²) in [7, 11) is 0. The predicted octanol–water partition coefficient (Wildman–Crippen LogP) is 4.52. The van der Waals surface area contributed by atoms with Crippen molar-refractivity contribution >= 4 is 5.91 Å². The summed E-state index contributed by atoms with van der Waals surface area (Å²) in [6.45, 7) is 6.46. The summed E-state index contributed by atoms with van der Waals surface area (Å²) in [5.41, 5.74) is 1.20. The number of aryl methyl sites for hydroxylation is 1. The van der Waals surface area contributed by atoms with Crippen LogP contribution in [0.2, 0.25) is 0 Å². The highest BCUT2D eigenvalue weighted by Gasteiger charge is 2.17. The lowest BCUT2D eigenvalue weighted by Crippen LogP contribution is -2.38. The van der Waals surface area contributed by atoms with Gasteiger partial charge >= 0.3 is 0 Å². The third-order valence-electron chi connectivity index (χ3n) is 3.99. The second-order valence-electron chi connectivity index (χ2n) is 6.67. The average Bonchev–Trinajstić information content (AvgIpc) is 2.65. The predicted molar refractivity (Wildman–Crippen MR) is 105 cm³/mol. The van der Waals surface area contributed by atoms with Crippen LogP contribution in [0.15, 0.2) is 48.5 Å². The number of nitrogens with one attached hydrogen (secondary N) is 1. The Labute approximate surface area is 160 Å². The summed E-state index contributed by atoms with van der Waals surface area (Å²) in [4.78, 5) is 12.3. The van der Waals surface area contributed by atoms with E-state index in [-0.39, 0.29) is 17.8 Å². The van der Waals surface area contributed by atoms with E-state index in [1.807, 2.05) is 45.0 Å². The first-order valence-corrected chi connectivity index (χ1v) is 9.43. The van der Waals surface area contributed by atoms with Crippen LogP contribution in [0.5, 0.6) is 11.5 Å². The third kappa shape index (κ3) is 7.29. The minimum atomic E-state index is -0.581. The van der Waals surface area contributed by atoms with Crippen molar-refractivity contribution in [3.8, 4) is 11.5 Å². The SMILES string of the molecule is CC[C@H](Oc1ccc(F)cc1)C(=O)NCCCc1ccc(OC(C)C)cc1. The Hall–Kier alpha value is -2.56. The van der Waals surface area contributed by atoms with Crippen LogP contribution in [0.25, 0.3) is 0 Å². The van der Waals surface area contributed by atoms with Gasteiger partial charge in [0.1, 0.15) is 17.3 Å². The van der Waals surface area contributed by atoms with Gasteiger partial charge in [-0.1, -0.05) is 19.1 Å². The highest BCUT2D eigenvalue weighted by molar-refractivity contribution is 5.81.